The summed E-state index contributed by atoms with van der Waals surface area (Å²) in [6, 6.07) is 14.4. The van der Waals surface area contributed by atoms with Gasteiger partial charge in [-0.1, -0.05) is 29.8 Å². The largest absolute Gasteiger partial charge is 0.370 e. The molecule has 27 heavy (non-hydrogen) atoms. The molecule has 0 atom stereocenters. The van der Waals surface area contributed by atoms with Crippen LogP contribution in [0.15, 0.2) is 54.9 Å². The molecule has 1 aromatic carbocycles. The lowest BCUT2D eigenvalue weighted by Crippen LogP contribution is -2.31. The van der Waals surface area contributed by atoms with Crippen molar-refractivity contribution < 1.29 is 0 Å². The normalized spacial score (nSPS) is 14.9. The van der Waals surface area contributed by atoms with Crippen molar-refractivity contribution in [3.8, 4) is 22.6 Å². The van der Waals surface area contributed by atoms with Gasteiger partial charge in [0.25, 0.3) is 0 Å². The Bertz CT molecular complexity index is 871. The van der Waals surface area contributed by atoms with Crippen LogP contribution in [0, 0.1) is 12.8 Å². The van der Waals surface area contributed by atoms with Crippen LogP contribution < -0.4 is 10.6 Å². The second kappa shape index (κ2) is 8.27. The van der Waals surface area contributed by atoms with Gasteiger partial charge in [0.05, 0.1) is 5.69 Å². The highest BCUT2D eigenvalue weighted by Gasteiger charge is 2.14. The van der Waals surface area contributed by atoms with Crippen molar-refractivity contribution in [3.05, 3.63) is 60.4 Å². The Morgan fingerprint density at radius 2 is 1.70 bits per heavy atom. The highest BCUT2D eigenvalue weighted by atomic mass is 15.0. The Balaban J connectivity index is 1.64. The molecule has 3 aromatic rings. The number of piperidine rings is 1. The number of nitrogens with zero attached hydrogens (tertiary/aromatic N) is 3. The van der Waals surface area contributed by atoms with E-state index in [1.807, 2.05) is 18.2 Å². The molecule has 5 nitrogen and oxygen atoms in total. The lowest BCUT2D eigenvalue weighted by molar-refractivity contribution is 0.389. The van der Waals surface area contributed by atoms with Crippen LogP contribution in [0.2, 0.25) is 0 Å². The Kier molecular flexibility index (Phi) is 5.39. The van der Waals surface area contributed by atoms with Gasteiger partial charge < -0.3 is 10.6 Å². The van der Waals surface area contributed by atoms with Gasteiger partial charge in [0, 0.05) is 36.1 Å². The van der Waals surface area contributed by atoms with Gasteiger partial charge in [-0.15, -0.1) is 0 Å². The van der Waals surface area contributed by atoms with Crippen LogP contribution in [-0.2, 0) is 0 Å². The number of hydrogen-bond donors (Lipinski definition) is 2. The maximum atomic E-state index is 4.81. The second-order valence-electron chi connectivity index (χ2n) is 7.14. The molecular weight excluding hydrogens is 334 g/mol. The van der Waals surface area contributed by atoms with Crippen LogP contribution in [0.25, 0.3) is 22.6 Å². The van der Waals surface area contributed by atoms with Gasteiger partial charge in [0.2, 0.25) is 0 Å². The lowest BCUT2D eigenvalue weighted by atomic mass is 9.98. The number of rotatable bonds is 5. The van der Waals surface area contributed by atoms with Crippen molar-refractivity contribution in [1.82, 2.24) is 20.3 Å². The molecule has 2 N–H and O–H groups in total. The van der Waals surface area contributed by atoms with E-state index in [1.54, 1.807) is 12.4 Å². The highest BCUT2D eigenvalue weighted by Crippen LogP contribution is 2.25. The zero-order valence-corrected chi connectivity index (χ0v) is 15.7. The summed E-state index contributed by atoms with van der Waals surface area (Å²) in [4.78, 5) is 13.7. The summed E-state index contributed by atoms with van der Waals surface area (Å²) in [5, 5.41) is 6.97. The summed E-state index contributed by atoms with van der Waals surface area (Å²) in [6.45, 7) is 5.24. The fourth-order valence-electron chi connectivity index (χ4n) is 3.37. The van der Waals surface area contributed by atoms with Crippen LogP contribution in [0.4, 0.5) is 5.82 Å². The van der Waals surface area contributed by atoms with Crippen molar-refractivity contribution in [2.24, 2.45) is 5.92 Å². The van der Waals surface area contributed by atoms with Gasteiger partial charge in [-0.25, -0.2) is 9.97 Å². The summed E-state index contributed by atoms with van der Waals surface area (Å²) in [5.41, 5.74) is 4.22. The number of aromatic nitrogens is 3. The summed E-state index contributed by atoms with van der Waals surface area (Å²) < 4.78 is 0. The number of hydrogen-bond acceptors (Lipinski definition) is 5. The van der Waals surface area contributed by atoms with Crippen LogP contribution in [0.1, 0.15) is 18.4 Å². The van der Waals surface area contributed by atoms with Crippen LogP contribution >= 0.6 is 0 Å². The molecule has 138 valence electrons. The monoisotopic (exact) mass is 359 g/mol. The van der Waals surface area contributed by atoms with Gasteiger partial charge in [-0.3, -0.25) is 4.98 Å². The molecule has 1 fully saturated rings. The molecule has 0 unspecified atom stereocenters. The first-order valence-corrected chi connectivity index (χ1v) is 9.59. The molecule has 0 spiro atoms. The lowest BCUT2D eigenvalue weighted by Gasteiger charge is -2.23. The molecule has 1 aliphatic heterocycles. The molecule has 0 radical (unpaired) electrons. The van der Waals surface area contributed by atoms with E-state index >= 15 is 0 Å². The van der Waals surface area contributed by atoms with Crippen LogP contribution in [-0.4, -0.2) is 34.6 Å². The van der Waals surface area contributed by atoms with Gasteiger partial charge in [-0.2, -0.15) is 0 Å². The highest BCUT2D eigenvalue weighted by molar-refractivity contribution is 5.67. The van der Waals surface area contributed by atoms with Crippen molar-refractivity contribution in [3.63, 3.8) is 0 Å². The first-order valence-electron chi connectivity index (χ1n) is 9.59. The zero-order chi connectivity index (χ0) is 18.5. The van der Waals surface area contributed by atoms with Crippen LogP contribution in [0.3, 0.4) is 0 Å². The van der Waals surface area contributed by atoms with Gasteiger partial charge in [0.15, 0.2) is 5.82 Å². The van der Waals surface area contributed by atoms with Gasteiger partial charge >= 0.3 is 0 Å². The minimum atomic E-state index is 0.688. The van der Waals surface area contributed by atoms with E-state index in [-0.39, 0.29) is 0 Å². The fraction of sp³-hybridized carbons (Fsp3) is 0.318. The SMILES string of the molecule is Cc1ccc(-c2nc(NCC3CCNCC3)cc(-c3ccncc3)n2)cc1. The molecule has 1 saturated heterocycles. The van der Waals surface area contributed by atoms with Crippen LogP contribution in [0.5, 0.6) is 0 Å². The molecular formula is C22H25N5. The number of aryl methyl sites for hydroxylation is 1. The first kappa shape index (κ1) is 17.6. The Morgan fingerprint density at radius 1 is 0.963 bits per heavy atom. The van der Waals surface area contributed by atoms with Crippen molar-refractivity contribution >= 4 is 5.82 Å². The predicted octanol–water partition coefficient (Wildman–Crippen LogP) is 3.93. The van der Waals surface area contributed by atoms with E-state index < -0.39 is 0 Å². The third-order valence-electron chi connectivity index (χ3n) is 5.04. The molecule has 0 saturated carbocycles. The molecule has 3 heterocycles. The van der Waals surface area contributed by atoms with E-state index in [1.165, 1.54) is 18.4 Å². The second-order valence-corrected chi connectivity index (χ2v) is 7.14. The Hall–Kier alpha value is -2.79. The molecule has 0 bridgehead atoms. The van der Waals surface area contributed by atoms with E-state index in [4.69, 9.17) is 9.97 Å². The first-order chi connectivity index (χ1) is 13.3. The van der Waals surface area contributed by atoms with E-state index in [0.717, 1.165) is 48.1 Å². The number of nitrogens with one attached hydrogen (secondary N) is 2. The Morgan fingerprint density at radius 3 is 2.44 bits per heavy atom. The maximum absolute atomic E-state index is 4.81. The van der Waals surface area contributed by atoms with Gasteiger partial charge in [-0.05, 0) is 50.9 Å². The van der Waals surface area contributed by atoms with Gasteiger partial charge in [0.1, 0.15) is 5.82 Å². The summed E-state index contributed by atoms with van der Waals surface area (Å²) in [6.07, 6.45) is 6.01. The zero-order valence-electron chi connectivity index (χ0n) is 15.7. The van der Waals surface area contributed by atoms with Crippen molar-refractivity contribution in [2.45, 2.75) is 19.8 Å². The average molecular weight is 359 g/mol. The quantitative estimate of drug-likeness (QED) is 0.723. The number of pyridine rings is 1. The average Bonchev–Trinajstić information content (AvgIpc) is 2.74. The summed E-state index contributed by atoms with van der Waals surface area (Å²) in [7, 11) is 0. The molecule has 0 amide bonds. The standard InChI is InChI=1S/C22H25N5/c1-16-2-4-19(5-3-16)22-26-20(18-8-12-24-13-9-18)14-21(27-22)25-15-17-6-10-23-11-7-17/h2-5,8-9,12-14,17,23H,6-7,10-11,15H2,1H3,(H,25,26,27). The third kappa shape index (κ3) is 4.49. The van der Waals surface area contributed by atoms with E-state index in [9.17, 15) is 0 Å². The molecule has 0 aliphatic carbocycles. The maximum Gasteiger partial charge on any atom is 0.162 e. The predicted molar refractivity (Wildman–Crippen MR) is 110 cm³/mol. The van der Waals surface area contributed by atoms with E-state index in [2.05, 4.69) is 46.8 Å². The smallest absolute Gasteiger partial charge is 0.162 e. The summed E-state index contributed by atoms with van der Waals surface area (Å²) >= 11 is 0. The van der Waals surface area contributed by atoms with Crippen molar-refractivity contribution in [2.75, 3.05) is 25.0 Å². The minimum Gasteiger partial charge on any atom is -0.370 e. The number of benzene rings is 1. The number of anilines is 1. The molecule has 1 aliphatic rings. The molecule has 4 rings (SSSR count). The molecule has 2 aromatic heterocycles. The third-order valence-corrected chi connectivity index (χ3v) is 5.04. The van der Waals surface area contributed by atoms with Crippen molar-refractivity contribution in [1.29, 1.82) is 0 Å². The summed E-state index contributed by atoms with van der Waals surface area (Å²) in [5.74, 6) is 2.32. The minimum absolute atomic E-state index is 0.688. The van der Waals surface area contributed by atoms with E-state index in [0.29, 0.717) is 5.92 Å². The Labute approximate surface area is 160 Å². The fourth-order valence-corrected chi connectivity index (χ4v) is 3.37. The molecule has 5 heteroatoms. The topological polar surface area (TPSA) is 62.7 Å².